The van der Waals surface area contributed by atoms with Crippen molar-refractivity contribution >= 4 is 5.91 Å². The highest BCUT2D eigenvalue weighted by molar-refractivity contribution is 5.80. The minimum atomic E-state index is -1.67. The van der Waals surface area contributed by atoms with Gasteiger partial charge in [-0.25, -0.2) is 0 Å². The van der Waals surface area contributed by atoms with E-state index in [2.05, 4.69) is 31.3 Å². The van der Waals surface area contributed by atoms with Crippen LogP contribution in [-0.4, -0.2) is 110 Å². The Kier molecular flexibility index (Phi) is 58.8. The van der Waals surface area contributed by atoms with Crippen LogP contribution in [0.25, 0.3) is 0 Å². The first kappa shape index (κ1) is 79.9. The van der Waals surface area contributed by atoms with E-state index in [4.69, 9.17) is 9.47 Å². The molecule has 1 aliphatic rings. The molecule has 9 unspecified atom stereocenters. The van der Waals surface area contributed by atoms with Crippen LogP contribution in [0, 0.1) is 0 Å². The van der Waals surface area contributed by atoms with E-state index in [0.29, 0.717) is 12.8 Å². The first-order valence-corrected chi connectivity index (χ1v) is 36.6. The summed E-state index contributed by atoms with van der Waals surface area (Å²) < 4.78 is 11.2. The molecule has 1 heterocycles. The van der Waals surface area contributed by atoms with Gasteiger partial charge in [-0.05, 0) is 38.5 Å². The van der Waals surface area contributed by atoms with Crippen molar-refractivity contribution in [3.05, 3.63) is 12.2 Å². The van der Waals surface area contributed by atoms with Crippen molar-refractivity contribution in [2.45, 2.75) is 428 Å². The predicted octanol–water partition coefficient (Wildman–Crippen LogP) is 17.8. The quantitative estimate of drug-likeness (QED) is 0.0215. The number of aliphatic hydroxyl groups excluding tert-OH is 7. The fourth-order valence-electron chi connectivity index (χ4n) is 12.2. The summed E-state index contributed by atoms with van der Waals surface area (Å²) in [5, 5.41) is 76.6. The zero-order valence-electron chi connectivity index (χ0n) is 54.7. The molecule has 0 saturated carbocycles. The van der Waals surface area contributed by atoms with Crippen LogP contribution in [0.1, 0.15) is 373 Å². The lowest BCUT2D eigenvalue weighted by atomic mass is 9.98. The number of unbranched alkanes of at least 4 members (excludes halogenated alkanes) is 51. The molecule has 0 radical (unpaired) electrons. The van der Waals surface area contributed by atoms with Crippen molar-refractivity contribution < 1.29 is 50.0 Å². The predicted molar refractivity (Wildman–Crippen MR) is 349 cm³/mol. The fraction of sp³-hybridized carbons (Fsp3) is 0.958. The molecule has 494 valence electrons. The summed E-state index contributed by atoms with van der Waals surface area (Å²) >= 11 is 0. The molecule has 0 aliphatic carbocycles. The molecule has 83 heavy (non-hydrogen) atoms. The summed E-state index contributed by atoms with van der Waals surface area (Å²) in [6.45, 7) is 3.51. The summed E-state index contributed by atoms with van der Waals surface area (Å²) in [5.41, 5.74) is 0. The number of hydrogen-bond acceptors (Lipinski definition) is 10. The summed E-state index contributed by atoms with van der Waals surface area (Å²) in [7, 11) is 0. The van der Waals surface area contributed by atoms with Gasteiger partial charge < -0.3 is 50.5 Å². The maximum Gasteiger partial charge on any atom is 0.249 e. The molecule has 0 spiro atoms. The molecule has 9 atom stereocenters. The fourth-order valence-corrected chi connectivity index (χ4v) is 12.2. The van der Waals surface area contributed by atoms with Crippen LogP contribution < -0.4 is 5.32 Å². The number of aliphatic hydroxyl groups is 7. The monoisotopic (exact) mass is 1180 g/mol. The van der Waals surface area contributed by atoms with Crippen LogP contribution >= 0.6 is 0 Å². The van der Waals surface area contributed by atoms with Gasteiger partial charge in [-0.2, -0.15) is 0 Å². The molecular formula is C72H141NO10. The number of allylic oxidation sites excluding steroid dienone is 2. The first-order valence-electron chi connectivity index (χ1n) is 36.6. The van der Waals surface area contributed by atoms with Gasteiger partial charge in [0.25, 0.3) is 0 Å². The standard InChI is InChI=1S/C72H141NO10/c1-3-5-7-9-11-13-15-17-19-21-23-25-27-29-31-33-35-37-39-41-43-45-47-49-51-53-55-57-59-64(75)67(77)63(62-82-72-70(80)69(79)68(78)66(61-74)83-72)73-71(81)65(76)60-58-56-54-52-50-48-46-44-42-40-38-36-34-32-30-28-26-24-22-20-18-16-14-12-10-8-6-4-2/h51,53,63-70,72,74-80H,3-50,52,54-62H2,1-2H3,(H,73,81)/b53-51+. The Bertz CT molecular complexity index is 1350. The normalized spacial score (nSPS) is 19.0. The summed E-state index contributed by atoms with van der Waals surface area (Å²) in [6, 6.07) is -1.18. The highest BCUT2D eigenvalue weighted by Crippen LogP contribution is 2.24. The van der Waals surface area contributed by atoms with Crippen LogP contribution in [-0.2, 0) is 14.3 Å². The average Bonchev–Trinajstić information content (AvgIpc) is 3.68. The number of amides is 1. The second-order valence-corrected chi connectivity index (χ2v) is 26.0. The Morgan fingerprint density at radius 3 is 1.04 bits per heavy atom. The second-order valence-electron chi connectivity index (χ2n) is 26.0. The van der Waals surface area contributed by atoms with E-state index in [-0.39, 0.29) is 12.8 Å². The van der Waals surface area contributed by atoms with Crippen LogP contribution in [0.5, 0.6) is 0 Å². The smallest absolute Gasteiger partial charge is 0.249 e. The Labute approximate surface area is 512 Å². The molecule has 0 aromatic heterocycles. The van der Waals surface area contributed by atoms with Crippen LogP contribution in [0.3, 0.4) is 0 Å². The molecule has 1 aliphatic heterocycles. The molecule has 8 N–H and O–H groups in total. The SMILES string of the molecule is CCCCCCCCCCCCCCCCCCCCCCCCC/C=C/CCCC(O)C(O)C(COC1OC(CO)C(O)C(O)C1O)NC(=O)C(O)CCCCCCCCCCCCCCCCCCCCCCCCCCCCCC. The minimum Gasteiger partial charge on any atom is -0.394 e. The van der Waals surface area contributed by atoms with Crippen LogP contribution in [0.15, 0.2) is 12.2 Å². The zero-order valence-corrected chi connectivity index (χ0v) is 54.7. The molecule has 11 nitrogen and oxygen atoms in total. The van der Waals surface area contributed by atoms with Crippen LogP contribution in [0.2, 0.25) is 0 Å². The third kappa shape index (κ3) is 48.5. The number of rotatable bonds is 65. The molecule has 0 bridgehead atoms. The van der Waals surface area contributed by atoms with E-state index < -0.39 is 74.2 Å². The molecule has 11 heteroatoms. The average molecular weight is 1180 g/mol. The molecule has 1 fully saturated rings. The Morgan fingerprint density at radius 1 is 0.410 bits per heavy atom. The van der Waals surface area contributed by atoms with Gasteiger partial charge in [0, 0.05) is 0 Å². The van der Waals surface area contributed by atoms with Gasteiger partial charge in [0.05, 0.1) is 25.4 Å². The first-order chi connectivity index (χ1) is 40.7. The van der Waals surface area contributed by atoms with Gasteiger partial charge in [0.1, 0.15) is 36.6 Å². The van der Waals surface area contributed by atoms with Crippen molar-refractivity contribution in [2.24, 2.45) is 0 Å². The second kappa shape index (κ2) is 61.1. The number of carbonyl (C=O) groups excluding carboxylic acids is 1. The molecule has 0 aromatic rings. The van der Waals surface area contributed by atoms with Gasteiger partial charge in [0.15, 0.2) is 6.29 Å². The van der Waals surface area contributed by atoms with Crippen molar-refractivity contribution in [1.29, 1.82) is 0 Å². The van der Waals surface area contributed by atoms with Crippen molar-refractivity contribution in [3.63, 3.8) is 0 Å². The highest BCUT2D eigenvalue weighted by Gasteiger charge is 2.44. The van der Waals surface area contributed by atoms with E-state index in [1.165, 1.54) is 302 Å². The van der Waals surface area contributed by atoms with Crippen LogP contribution in [0.4, 0.5) is 0 Å². The molecule has 1 saturated heterocycles. The molecule has 1 rings (SSSR count). The summed E-state index contributed by atoms with van der Waals surface area (Å²) in [4.78, 5) is 13.3. The Morgan fingerprint density at radius 2 is 0.711 bits per heavy atom. The highest BCUT2D eigenvalue weighted by atomic mass is 16.7. The third-order valence-electron chi connectivity index (χ3n) is 18.1. The van der Waals surface area contributed by atoms with Crippen molar-refractivity contribution in [3.8, 4) is 0 Å². The van der Waals surface area contributed by atoms with Gasteiger partial charge in [-0.15, -0.1) is 0 Å². The van der Waals surface area contributed by atoms with Gasteiger partial charge in [-0.3, -0.25) is 4.79 Å². The van der Waals surface area contributed by atoms with Crippen molar-refractivity contribution in [1.82, 2.24) is 5.32 Å². The maximum absolute atomic E-state index is 13.3. The van der Waals surface area contributed by atoms with E-state index in [1.807, 2.05) is 0 Å². The number of hydrogen-bond donors (Lipinski definition) is 8. The largest absolute Gasteiger partial charge is 0.394 e. The van der Waals surface area contributed by atoms with Gasteiger partial charge in [0.2, 0.25) is 5.91 Å². The van der Waals surface area contributed by atoms with Gasteiger partial charge >= 0.3 is 0 Å². The van der Waals surface area contributed by atoms with Crippen molar-refractivity contribution in [2.75, 3.05) is 13.2 Å². The number of nitrogens with one attached hydrogen (secondary N) is 1. The lowest BCUT2D eigenvalue weighted by Gasteiger charge is -2.40. The van der Waals surface area contributed by atoms with Gasteiger partial charge in [-0.1, -0.05) is 347 Å². The lowest BCUT2D eigenvalue weighted by Crippen LogP contribution is -2.60. The minimum absolute atomic E-state index is 0.260. The molecule has 0 aromatic carbocycles. The number of carbonyl (C=O) groups is 1. The Hall–Kier alpha value is -1.15. The van der Waals surface area contributed by atoms with E-state index in [0.717, 1.165) is 32.1 Å². The summed E-state index contributed by atoms with van der Waals surface area (Å²) in [5.74, 6) is -0.697. The molecular weight excluding hydrogens is 1040 g/mol. The van der Waals surface area contributed by atoms with E-state index in [1.54, 1.807) is 0 Å². The topological polar surface area (TPSA) is 189 Å². The summed E-state index contributed by atoms with van der Waals surface area (Å²) in [6.07, 6.45) is 64.5. The number of ether oxygens (including phenoxy) is 2. The Balaban J connectivity index is 2.19. The lowest BCUT2D eigenvalue weighted by molar-refractivity contribution is -0.303. The van der Waals surface area contributed by atoms with E-state index >= 15 is 0 Å². The maximum atomic E-state index is 13.3. The third-order valence-corrected chi connectivity index (χ3v) is 18.1. The van der Waals surface area contributed by atoms with E-state index in [9.17, 15) is 40.5 Å². The molecule has 1 amide bonds. The zero-order chi connectivity index (χ0) is 60.3.